The molecule has 1 aromatic heterocycles. The van der Waals surface area contributed by atoms with Crippen LogP contribution in [0.15, 0.2) is 18.2 Å². The van der Waals surface area contributed by atoms with Crippen LogP contribution in [-0.4, -0.2) is 22.6 Å². The number of aromatic nitrogens is 2. The van der Waals surface area contributed by atoms with Crippen LogP contribution in [0.4, 0.5) is 15.2 Å². The molecule has 0 spiro atoms. The molecule has 0 aliphatic rings. The van der Waals surface area contributed by atoms with E-state index in [2.05, 4.69) is 20.8 Å². The Morgan fingerprint density at radius 1 is 1.40 bits per heavy atom. The summed E-state index contributed by atoms with van der Waals surface area (Å²) in [6, 6.07) is 4.20. The van der Waals surface area contributed by atoms with Crippen LogP contribution in [0.25, 0.3) is 0 Å². The molecule has 0 aliphatic heterocycles. The Balaban J connectivity index is 2.06. The molecule has 0 bridgehead atoms. The van der Waals surface area contributed by atoms with E-state index < -0.39 is 0 Å². The third-order valence-corrected chi connectivity index (χ3v) is 3.46. The molecule has 0 unspecified atom stereocenters. The highest BCUT2D eigenvalue weighted by molar-refractivity contribution is 7.17. The molecule has 0 atom stereocenters. The van der Waals surface area contributed by atoms with E-state index in [4.69, 9.17) is 0 Å². The average Bonchev–Trinajstić information content (AvgIpc) is 2.88. The lowest BCUT2D eigenvalue weighted by Gasteiger charge is -2.06. The predicted octanol–water partition coefficient (Wildman–Crippen LogP) is 3.06. The molecule has 0 aliphatic carbocycles. The number of nitrogens with one attached hydrogen (secondary N) is 2. The number of hydrogen-bond donors (Lipinski definition) is 2. The van der Waals surface area contributed by atoms with E-state index in [0.717, 1.165) is 13.0 Å². The van der Waals surface area contributed by atoms with Crippen LogP contribution in [0, 0.1) is 12.7 Å². The third kappa shape index (κ3) is 3.51. The number of amides is 1. The zero-order valence-corrected chi connectivity index (χ0v) is 12.1. The first kappa shape index (κ1) is 14.4. The maximum absolute atomic E-state index is 13.0. The molecule has 0 saturated heterocycles. The van der Waals surface area contributed by atoms with Crippen molar-refractivity contribution < 1.29 is 9.18 Å². The van der Waals surface area contributed by atoms with Gasteiger partial charge in [-0.05, 0) is 37.1 Å². The first-order chi connectivity index (χ1) is 9.60. The van der Waals surface area contributed by atoms with Gasteiger partial charge in [0.25, 0.3) is 5.91 Å². The highest BCUT2D eigenvalue weighted by Crippen LogP contribution is 2.19. The van der Waals surface area contributed by atoms with E-state index in [1.165, 1.54) is 29.5 Å². The molecule has 7 heteroatoms. The van der Waals surface area contributed by atoms with Gasteiger partial charge in [0.05, 0.1) is 0 Å². The fourth-order valence-electron chi connectivity index (χ4n) is 1.56. The third-order valence-electron chi connectivity index (χ3n) is 2.58. The molecule has 106 valence electrons. The van der Waals surface area contributed by atoms with Gasteiger partial charge in [0.2, 0.25) is 10.1 Å². The first-order valence-corrected chi connectivity index (χ1v) is 7.06. The molecule has 1 aromatic carbocycles. The minimum atomic E-state index is -0.346. The number of rotatable bonds is 5. The lowest BCUT2D eigenvalue weighted by atomic mass is 10.2. The van der Waals surface area contributed by atoms with Crippen molar-refractivity contribution in [2.24, 2.45) is 0 Å². The minimum Gasteiger partial charge on any atom is -0.360 e. The van der Waals surface area contributed by atoms with E-state index in [1.54, 1.807) is 6.92 Å². The van der Waals surface area contributed by atoms with Crippen LogP contribution in [-0.2, 0) is 0 Å². The van der Waals surface area contributed by atoms with Crippen LogP contribution in [0.5, 0.6) is 0 Å². The highest BCUT2D eigenvalue weighted by atomic mass is 32.1. The molecule has 1 amide bonds. The van der Waals surface area contributed by atoms with E-state index in [9.17, 15) is 9.18 Å². The second-order valence-corrected chi connectivity index (χ2v) is 5.23. The van der Waals surface area contributed by atoms with Crippen LogP contribution >= 0.6 is 11.3 Å². The molecule has 2 rings (SSSR count). The summed E-state index contributed by atoms with van der Waals surface area (Å²) in [5, 5.41) is 14.4. The number of nitrogens with zero attached hydrogens (tertiary/aromatic N) is 2. The normalized spacial score (nSPS) is 10.3. The van der Waals surface area contributed by atoms with Gasteiger partial charge < -0.3 is 10.6 Å². The van der Waals surface area contributed by atoms with Gasteiger partial charge in [-0.25, -0.2) is 4.39 Å². The van der Waals surface area contributed by atoms with Crippen LogP contribution in [0.3, 0.4) is 0 Å². The van der Waals surface area contributed by atoms with Crippen LogP contribution < -0.4 is 10.6 Å². The molecule has 1 heterocycles. The number of halogens is 1. The molecule has 2 N–H and O–H groups in total. The lowest BCUT2D eigenvalue weighted by molar-refractivity contribution is 0.102. The Labute approximate surface area is 120 Å². The van der Waals surface area contributed by atoms with Crippen LogP contribution in [0.2, 0.25) is 0 Å². The number of aryl methyl sites for hydroxylation is 1. The largest absolute Gasteiger partial charge is 0.360 e. The monoisotopic (exact) mass is 294 g/mol. The molecule has 5 nitrogen and oxygen atoms in total. The van der Waals surface area contributed by atoms with Crippen molar-refractivity contribution in [1.29, 1.82) is 0 Å². The van der Waals surface area contributed by atoms with Gasteiger partial charge in [0.1, 0.15) is 5.82 Å². The SMILES string of the molecule is CCCNc1nnc(C(=O)Nc2ccc(F)cc2C)s1. The number of hydrogen-bond acceptors (Lipinski definition) is 5. The van der Waals surface area contributed by atoms with Crippen molar-refractivity contribution in [2.45, 2.75) is 20.3 Å². The number of anilines is 2. The first-order valence-electron chi connectivity index (χ1n) is 6.25. The number of carbonyl (C=O) groups excluding carboxylic acids is 1. The second kappa shape index (κ2) is 6.42. The molecule has 2 aromatic rings. The minimum absolute atomic E-state index is 0.271. The predicted molar refractivity (Wildman–Crippen MR) is 77.8 cm³/mol. The molecular formula is C13H15FN4OS. The zero-order valence-electron chi connectivity index (χ0n) is 11.2. The van der Waals surface area contributed by atoms with Crippen molar-refractivity contribution in [3.63, 3.8) is 0 Å². The van der Waals surface area contributed by atoms with Gasteiger partial charge in [-0.15, -0.1) is 10.2 Å². The summed E-state index contributed by atoms with van der Waals surface area (Å²) in [5.41, 5.74) is 1.22. The molecule has 0 saturated carbocycles. The van der Waals surface area contributed by atoms with Gasteiger partial charge >= 0.3 is 0 Å². The second-order valence-electron chi connectivity index (χ2n) is 4.25. The Kier molecular flexibility index (Phi) is 4.62. The smallest absolute Gasteiger partial charge is 0.286 e. The Bertz CT molecular complexity index is 614. The Morgan fingerprint density at radius 2 is 2.20 bits per heavy atom. The quantitative estimate of drug-likeness (QED) is 0.889. The fraction of sp³-hybridized carbons (Fsp3) is 0.308. The summed E-state index contributed by atoms with van der Waals surface area (Å²) >= 11 is 1.19. The van der Waals surface area contributed by atoms with Gasteiger partial charge in [0, 0.05) is 12.2 Å². The van der Waals surface area contributed by atoms with Crippen LogP contribution in [0.1, 0.15) is 28.7 Å². The summed E-state index contributed by atoms with van der Waals surface area (Å²) in [6.45, 7) is 4.55. The van der Waals surface area contributed by atoms with E-state index in [0.29, 0.717) is 16.4 Å². The van der Waals surface area contributed by atoms with Crippen molar-refractivity contribution in [3.05, 3.63) is 34.6 Å². The molecule has 20 heavy (non-hydrogen) atoms. The van der Waals surface area contributed by atoms with Gasteiger partial charge in [-0.1, -0.05) is 18.3 Å². The van der Waals surface area contributed by atoms with Gasteiger partial charge in [0.15, 0.2) is 0 Å². The Morgan fingerprint density at radius 3 is 2.90 bits per heavy atom. The zero-order chi connectivity index (χ0) is 14.5. The molecule has 0 radical (unpaired) electrons. The van der Waals surface area contributed by atoms with Crippen molar-refractivity contribution in [2.75, 3.05) is 17.2 Å². The average molecular weight is 294 g/mol. The van der Waals surface area contributed by atoms with Gasteiger partial charge in [-0.3, -0.25) is 4.79 Å². The maximum atomic E-state index is 13.0. The summed E-state index contributed by atoms with van der Waals surface area (Å²) in [6.07, 6.45) is 0.968. The number of carbonyl (C=O) groups is 1. The van der Waals surface area contributed by atoms with Gasteiger partial charge in [-0.2, -0.15) is 0 Å². The summed E-state index contributed by atoms with van der Waals surface area (Å²) < 4.78 is 13.0. The summed E-state index contributed by atoms with van der Waals surface area (Å²) in [7, 11) is 0. The fourth-order valence-corrected chi connectivity index (χ4v) is 2.23. The van der Waals surface area contributed by atoms with Crippen molar-refractivity contribution in [1.82, 2.24) is 10.2 Å². The molecule has 0 fully saturated rings. The maximum Gasteiger partial charge on any atom is 0.286 e. The highest BCUT2D eigenvalue weighted by Gasteiger charge is 2.13. The summed E-state index contributed by atoms with van der Waals surface area (Å²) in [5.74, 6) is -0.677. The van der Waals surface area contributed by atoms with E-state index in [1.807, 2.05) is 6.92 Å². The van der Waals surface area contributed by atoms with E-state index >= 15 is 0 Å². The molecular weight excluding hydrogens is 279 g/mol. The van der Waals surface area contributed by atoms with E-state index in [-0.39, 0.29) is 16.7 Å². The summed E-state index contributed by atoms with van der Waals surface area (Å²) in [4.78, 5) is 12.0. The standard InChI is InChI=1S/C13H15FN4OS/c1-3-6-15-13-18-17-12(20-13)11(19)16-10-5-4-9(14)7-8(10)2/h4-5,7H,3,6H2,1-2H3,(H,15,18)(H,16,19). The topological polar surface area (TPSA) is 66.9 Å². The number of benzene rings is 1. The van der Waals surface area contributed by atoms with Crippen molar-refractivity contribution >= 4 is 28.1 Å². The lowest BCUT2D eigenvalue weighted by Crippen LogP contribution is -2.12. The van der Waals surface area contributed by atoms with Crippen molar-refractivity contribution in [3.8, 4) is 0 Å². The Hall–Kier alpha value is -2.02.